The Morgan fingerprint density at radius 3 is 2.16 bits per heavy atom. The second-order valence-electron chi connectivity index (χ2n) is 5.50. The van der Waals surface area contributed by atoms with Gasteiger partial charge in [-0.25, -0.2) is 4.79 Å². The lowest BCUT2D eigenvalue weighted by Crippen LogP contribution is -2.10. The third kappa shape index (κ3) is 4.01. The number of aryl methyl sites for hydroxylation is 1. The zero-order valence-electron chi connectivity index (χ0n) is 14.0. The van der Waals surface area contributed by atoms with Gasteiger partial charge < -0.3 is 4.74 Å². The minimum Gasteiger partial charge on any atom is -0.418 e. The SMILES string of the molecule is C=CC(=O)Oc1ccccc1[S+](c1ccccc1)c1ccc(C)cc1. The van der Waals surface area contributed by atoms with Crippen LogP contribution in [0.4, 0.5) is 0 Å². The van der Waals surface area contributed by atoms with Crippen molar-refractivity contribution in [2.45, 2.75) is 21.6 Å². The molecule has 0 fully saturated rings. The first-order chi connectivity index (χ1) is 12.2. The number of carbonyl (C=O) groups excluding carboxylic acids is 1. The Labute approximate surface area is 151 Å². The van der Waals surface area contributed by atoms with E-state index >= 15 is 0 Å². The van der Waals surface area contributed by atoms with Crippen LogP contribution in [0.25, 0.3) is 0 Å². The number of hydrogen-bond donors (Lipinski definition) is 0. The van der Waals surface area contributed by atoms with Gasteiger partial charge in [-0.15, -0.1) is 0 Å². The summed E-state index contributed by atoms with van der Waals surface area (Å²) in [4.78, 5) is 15.1. The second kappa shape index (κ2) is 7.86. The minimum absolute atomic E-state index is 0.364. The van der Waals surface area contributed by atoms with E-state index in [9.17, 15) is 4.79 Å². The largest absolute Gasteiger partial charge is 0.418 e. The molecule has 0 radical (unpaired) electrons. The van der Waals surface area contributed by atoms with Crippen LogP contribution in [0.3, 0.4) is 0 Å². The highest BCUT2D eigenvalue weighted by molar-refractivity contribution is 7.97. The molecular formula is C22H19O2S+. The van der Waals surface area contributed by atoms with Gasteiger partial charge in [0.1, 0.15) is 10.9 Å². The third-order valence-corrected chi connectivity index (χ3v) is 5.95. The lowest BCUT2D eigenvalue weighted by Gasteiger charge is -2.11. The monoisotopic (exact) mass is 347 g/mol. The molecule has 3 heteroatoms. The van der Waals surface area contributed by atoms with Crippen LogP contribution in [0.5, 0.6) is 5.75 Å². The highest BCUT2D eigenvalue weighted by Gasteiger charge is 2.32. The summed E-state index contributed by atoms with van der Waals surface area (Å²) in [5, 5.41) is 0. The molecule has 0 saturated heterocycles. The molecule has 2 nitrogen and oxygen atoms in total. The zero-order valence-corrected chi connectivity index (χ0v) is 14.8. The van der Waals surface area contributed by atoms with E-state index in [4.69, 9.17) is 4.74 Å². The number of esters is 1. The van der Waals surface area contributed by atoms with Gasteiger partial charge in [0, 0.05) is 6.08 Å². The molecule has 3 aromatic rings. The summed E-state index contributed by atoms with van der Waals surface area (Å²) >= 11 is 0. The normalized spacial score (nSPS) is 11.6. The number of hydrogen-bond acceptors (Lipinski definition) is 2. The van der Waals surface area contributed by atoms with Crippen LogP contribution >= 0.6 is 0 Å². The van der Waals surface area contributed by atoms with Crippen LogP contribution in [-0.4, -0.2) is 5.97 Å². The number of benzene rings is 3. The molecule has 124 valence electrons. The quantitative estimate of drug-likeness (QED) is 0.275. The van der Waals surface area contributed by atoms with Gasteiger partial charge in [0.15, 0.2) is 15.5 Å². The summed E-state index contributed by atoms with van der Waals surface area (Å²) in [6.07, 6.45) is 1.18. The van der Waals surface area contributed by atoms with Crippen molar-refractivity contribution in [3.8, 4) is 5.75 Å². The number of carbonyl (C=O) groups is 1. The molecule has 0 N–H and O–H groups in total. The molecule has 1 unspecified atom stereocenters. The molecule has 0 bridgehead atoms. The van der Waals surface area contributed by atoms with Gasteiger partial charge in [-0.2, -0.15) is 0 Å². The van der Waals surface area contributed by atoms with E-state index < -0.39 is 5.97 Å². The van der Waals surface area contributed by atoms with Crippen molar-refractivity contribution in [3.05, 3.63) is 97.1 Å². The Morgan fingerprint density at radius 1 is 0.880 bits per heavy atom. The van der Waals surface area contributed by atoms with Gasteiger partial charge in [0.05, 0.1) is 0 Å². The maximum atomic E-state index is 11.7. The molecule has 0 heterocycles. The molecule has 1 atom stereocenters. The number of ether oxygens (including phenoxy) is 1. The first-order valence-electron chi connectivity index (χ1n) is 7.98. The summed E-state index contributed by atoms with van der Waals surface area (Å²) in [6.45, 7) is 5.56. The van der Waals surface area contributed by atoms with Gasteiger partial charge in [-0.3, -0.25) is 0 Å². The Bertz CT molecular complexity index is 870. The minimum atomic E-state index is -0.451. The third-order valence-electron chi connectivity index (χ3n) is 3.68. The lowest BCUT2D eigenvalue weighted by molar-refractivity contribution is -0.129. The smallest absolute Gasteiger partial charge is 0.335 e. The summed E-state index contributed by atoms with van der Waals surface area (Å²) in [7, 11) is -0.364. The van der Waals surface area contributed by atoms with E-state index in [1.807, 2.05) is 42.5 Å². The van der Waals surface area contributed by atoms with Crippen molar-refractivity contribution in [3.63, 3.8) is 0 Å². The van der Waals surface area contributed by atoms with Crippen LogP contribution in [-0.2, 0) is 15.7 Å². The van der Waals surface area contributed by atoms with Gasteiger partial charge in [0.25, 0.3) is 0 Å². The van der Waals surface area contributed by atoms with E-state index in [1.165, 1.54) is 21.4 Å². The fourth-order valence-electron chi connectivity index (χ4n) is 2.47. The van der Waals surface area contributed by atoms with Gasteiger partial charge in [-0.05, 0) is 43.3 Å². The van der Waals surface area contributed by atoms with Crippen molar-refractivity contribution in [2.24, 2.45) is 0 Å². The Hall–Kier alpha value is -2.78. The van der Waals surface area contributed by atoms with Crippen LogP contribution < -0.4 is 4.74 Å². The van der Waals surface area contributed by atoms with E-state index in [2.05, 4.69) is 49.9 Å². The molecule has 0 aliphatic rings. The van der Waals surface area contributed by atoms with Crippen LogP contribution in [0.15, 0.2) is 106 Å². The van der Waals surface area contributed by atoms with Crippen LogP contribution in [0.1, 0.15) is 5.56 Å². The molecule has 0 aliphatic carbocycles. The zero-order chi connectivity index (χ0) is 17.6. The average Bonchev–Trinajstić information content (AvgIpc) is 2.65. The van der Waals surface area contributed by atoms with Crippen LogP contribution in [0, 0.1) is 6.92 Å². The predicted octanol–water partition coefficient (Wildman–Crippen LogP) is 5.18. The summed E-state index contributed by atoms with van der Waals surface area (Å²) in [6, 6.07) is 26.4. The van der Waals surface area contributed by atoms with E-state index in [1.54, 1.807) is 0 Å². The molecule has 0 amide bonds. The first-order valence-corrected chi connectivity index (χ1v) is 9.21. The lowest BCUT2D eigenvalue weighted by atomic mass is 10.2. The van der Waals surface area contributed by atoms with Gasteiger partial charge >= 0.3 is 5.97 Å². The van der Waals surface area contributed by atoms with Gasteiger partial charge in [-0.1, -0.05) is 54.6 Å². The van der Waals surface area contributed by atoms with Crippen molar-refractivity contribution in [1.82, 2.24) is 0 Å². The molecule has 3 aromatic carbocycles. The highest BCUT2D eigenvalue weighted by atomic mass is 32.2. The van der Waals surface area contributed by atoms with Crippen LogP contribution in [0.2, 0.25) is 0 Å². The van der Waals surface area contributed by atoms with Crippen molar-refractivity contribution in [1.29, 1.82) is 0 Å². The Morgan fingerprint density at radius 2 is 1.48 bits per heavy atom. The number of rotatable bonds is 5. The van der Waals surface area contributed by atoms with Crippen molar-refractivity contribution >= 4 is 16.9 Å². The summed E-state index contributed by atoms with van der Waals surface area (Å²) in [5.74, 6) is 0.119. The standard InChI is InChI=1S/C22H19O2S/c1-3-22(23)24-20-11-7-8-12-21(20)25(18-9-5-4-6-10-18)19-15-13-17(2)14-16-19/h3-16H,1H2,2H3/q+1. The predicted molar refractivity (Wildman–Crippen MR) is 102 cm³/mol. The molecule has 0 aromatic heterocycles. The fourth-order valence-corrected chi connectivity index (χ4v) is 4.62. The molecular weight excluding hydrogens is 328 g/mol. The second-order valence-corrected chi connectivity index (χ2v) is 7.50. The van der Waals surface area contributed by atoms with E-state index in [0.29, 0.717) is 5.75 Å². The molecule has 3 rings (SSSR count). The Kier molecular flexibility index (Phi) is 5.36. The van der Waals surface area contributed by atoms with E-state index in [0.717, 1.165) is 4.90 Å². The fraction of sp³-hybridized carbons (Fsp3) is 0.0455. The molecule has 0 saturated carbocycles. The van der Waals surface area contributed by atoms with Crippen molar-refractivity contribution in [2.75, 3.05) is 0 Å². The maximum absolute atomic E-state index is 11.7. The average molecular weight is 347 g/mol. The topological polar surface area (TPSA) is 26.3 Å². The first kappa shape index (κ1) is 17.1. The summed E-state index contributed by atoms with van der Waals surface area (Å²) in [5.41, 5.74) is 1.21. The molecule has 0 spiro atoms. The van der Waals surface area contributed by atoms with Crippen molar-refractivity contribution < 1.29 is 9.53 Å². The van der Waals surface area contributed by atoms with E-state index in [-0.39, 0.29) is 10.9 Å². The molecule has 25 heavy (non-hydrogen) atoms. The summed E-state index contributed by atoms with van der Waals surface area (Å²) < 4.78 is 5.49. The number of para-hydroxylation sites is 1. The highest BCUT2D eigenvalue weighted by Crippen LogP contribution is 2.36. The molecule has 0 aliphatic heterocycles. The Balaban J connectivity index is 2.14. The maximum Gasteiger partial charge on any atom is 0.335 e. The van der Waals surface area contributed by atoms with Gasteiger partial charge in [0.2, 0.25) is 4.90 Å².